The lowest BCUT2D eigenvalue weighted by Gasteiger charge is -2.20. The molecule has 3 heteroatoms. The third-order valence-corrected chi connectivity index (χ3v) is 3.02. The van der Waals surface area contributed by atoms with Crippen LogP contribution in [-0.2, 0) is 16.2 Å². The van der Waals surface area contributed by atoms with Crippen LogP contribution in [0.3, 0.4) is 0 Å². The van der Waals surface area contributed by atoms with Crippen molar-refractivity contribution < 1.29 is 9.78 Å². The van der Waals surface area contributed by atoms with E-state index in [1.165, 1.54) is 22.5 Å². The van der Waals surface area contributed by atoms with Gasteiger partial charge in [-0.15, -0.1) is 0 Å². The van der Waals surface area contributed by atoms with E-state index in [9.17, 15) is 0 Å². The number of para-hydroxylation sites is 2. The summed E-state index contributed by atoms with van der Waals surface area (Å²) in [6, 6.07) is 16.9. The Morgan fingerprint density at radius 2 is 1.17 bits per heavy atom. The number of hydrogen-bond donors (Lipinski definition) is 1. The molecule has 0 saturated carbocycles. The van der Waals surface area contributed by atoms with Crippen LogP contribution >= 0.6 is 0 Å². The van der Waals surface area contributed by atoms with Gasteiger partial charge in [-0.05, 0) is 23.3 Å². The summed E-state index contributed by atoms with van der Waals surface area (Å²) >= 11 is 0. The van der Waals surface area contributed by atoms with Crippen LogP contribution in [0.25, 0.3) is 0 Å². The zero-order valence-electron chi connectivity index (χ0n) is 10.1. The van der Waals surface area contributed by atoms with Crippen LogP contribution in [-0.4, -0.2) is 13.2 Å². The SMILES string of the molecule is C1COO1.c1ccc2c(c1)Cc1ccccc1N2. The molecule has 2 aromatic carbocycles. The molecule has 3 nitrogen and oxygen atoms in total. The van der Waals surface area contributed by atoms with Gasteiger partial charge in [-0.25, -0.2) is 9.78 Å². The standard InChI is InChI=1S/C13H11N.C2H4O2/c1-3-7-12-10(5-1)9-11-6-2-4-8-13(11)14-12;1-2-4-3-1/h1-8,14H,9H2;1-2H2. The molecule has 0 atom stereocenters. The maximum absolute atomic E-state index is 4.22. The van der Waals surface area contributed by atoms with Crippen LogP contribution in [0.15, 0.2) is 48.5 Å². The minimum absolute atomic E-state index is 0.778. The van der Waals surface area contributed by atoms with Crippen molar-refractivity contribution in [3.05, 3.63) is 59.7 Å². The summed E-state index contributed by atoms with van der Waals surface area (Å²) in [5.41, 5.74) is 5.25. The quantitative estimate of drug-likeness (QED) is 0.613. The van der Waals surface area contributed by atoms with Crippen molar-refractivity contribution in [2.24, 2.45) is 0 Å². The lowest BCUT2D eigenvalue weighted by Crippen LogP contribution is -2.14. The summed E-state index contributed by atoms with van der Waals surface area (Å²) in [5.74, 6) is 0. The Bertz CT molecular complexity index is 444. The maximum atomic E-state index is 4.22. The molecule has 1 fully saturated rings. The molecule has 2 aliphatic heterocycles. The van der Waals surface area contributed by atoms with Gasteiger partial charge in [0, 0.05) is 17.8 Å². The molecule has 92 valence electrons. The molecule has 1 N–H and O–H groups in total. The molecule has 2 aliphatic rings. The molecule has 4 rings (SSSR count). The Labute approximate surface area is 106 Å². The summed E-state index contributed by atoms with van der Waals surface area (Å²) < 4.78 is 0. The van der Waals surface area contributed by atoms with Crippen molar-refractivity contribution in [2.75, 3.05) is 18.5 Å². The second-order valence-corrected chi connectivity index (χ2v) is 4.26. The lowest BCUT2D eigenvalue weighted by atomic mass is 9.98. The van der Waals surface area contributed by atoms with E-state index in [0.29, 0.717) is 0 Å². The van der Waals surface area contributed by atoms with Crippen LogP contribution in [0, 0.1) is 0 Å². The van der Waals surface area contributed by atoms with Crippen molar-refractivity contribution in [3.8, 4) is 0 Å². The van der Waals surface area contributed by atoms with E-state index in [0.717, 1.165) is 19.6 Å². The van der Waals surface area contributed by atoms with Crippen LogP contribution in [0.5, 0.6) is 0 Å². The smallest absolute Gasteiger partial charge is 0.109 e. The van der Waals surface area contributed by atoms with Gasteiger partial charge in [-0.1, -0.05) is 36.4 Å². The van der Waals surface area contributed by atoms with Crippen LogP contribution in [0.1, 0.15) is 11.1 Å². The number of nitrogens with one attached hydrogen (secondary N) is 1. The number of fused-ring (bicyclic) bond motifs is 2. The van der Waals surface area contributed by atoms with Crippen molar-refractivity contribution in [3.63, 3.8) is 0 Å². The molecular weight excluding hydrogens is 226 g/mol. The van der Waals surface area contributed by atoms with Gasteiger partial charge < -0.3 is 5.32 Å². The highest BCUT2D eigenvalue weighted by Gasteiger charge is 2.12. The molecule has 0 amide bonds. The fraction of sp³-hybridized carbons (Fsp3) is 0.200. The number of rotatable bonds is 0. The summed E-state index contributed by atoms with van der Waals surface area (Å²) in [6.45, 7) is 1.56. The first-order chi connectivity index (χ1) is 8.93. The Kier molecular flexibility index (Phi) is 3.26. The minimum Gasteiger partial charge on any atom is -0.355 e. The average molecular weight is 241 g/mol. The number of anilines is 2. The Hall–Kier alpha value is -1.84. The topological polar surface area (TPSA) is 30.5 Å². The highest BCUT2D eigenvalue weighted by atomic mass is 17.2. The van der Waals surface area contributed by atoms with E-state index in [4.69, 9.17) is 0 Å². The fourth-order valence-electron chi connectivity index (χ4n) is 2.03. The molecule has 0 aliphatic carbocycles. The number of benzene rings is 2. The van der Waals surface area contributed by atoms with Crippen molar-refractivity contribution in [1.82, 2.24) is 0 Å². The fourth-order valence-corrected chi connectivity index (χ4v) is 2.03. The predicted octanol–water partition coefficient (Wildman–Crippen LogP) is 3.28. The maximum Gasteiger partial charge on any atom is 0.109 e. The van der Waals surface area contributed by atoms with Gasteiger partial charge in [0.2, 0.25) is 0 Å². The molecule has 18 heavy (non-hydrogen) atoms. The zero-order chi connectivity index (χ0) is 12.2. The normalized spacial score (nSPS) is 15.1. The summed E-state index contributed by atoms with van der Waals surface area (Å²) in [5, 5.41) is 3.44. The molecule has 2 aromatic rings. The zero-order valence-corrected chi connectivity index (χ0v) is 10.1. The molecule has 0 radical (unpaired) electrons. The van der Waals surface area contributed by atoms with Gasteiger partial charge in [0.05, 0.1) is 0 Å². The van der Waals surface area contributed by atoms with Crippen LogP contribution < -0.4 is 5.32 Å². The Balaban J connectivity index is 0.000000214. The van der Waals surface area contributed by atoms with Crippen LogP contribution in [0.4, 0.5) is 11.4 Å². The van der Waals surface area contributed by atoms with E-state index in [1.54, 1.807) is 0 Å². The first kappa shape index (κ1) is 11.3. The van der Waals surface area contributed by atoms with Gasteiger partial charge in [-0.2, -0.15) is 0 Å². The highest BCUT2D eigenvalue weighted by Crippen LogP contribution is 2.31. The second kappa shape index (κ2) is 5.21. The number of hydrogen-bond acceptors (Lipinski definition) is 3. The molecule has 1 saturated heterocycles. The molecule has 0 aromatic heterocycles. The van der Waals surface area contributed by atoms with E-state index < -0.39 is 0 Å². The predicted molar refractivity (Wildman–Crippen MR) is 70.9 cm³/mol. The van der Waals surface area contributed by atoms with E-state index in [-0.39, 0.29) is 0 Å². The van der Waals surface area contributed by atoms with Gasteiger partial charge in [0.15, 0.2) is 0 Å². The molecular formula is C15H15NO2. The van der Waals surface area contributed by atoms with Crippen molar-refractivity contribution in [1.29, 1.82) is 0 Å². The monoisotopic (exact) mass is 241 g/mol. The largest absolute Gasteiger partial charge is 0.355 e. The molecule has 0 bridgehead atoms. The van der Waals surface area contributed by atoms with E-state index >= 15 is 0 Å². The lowest BCUT2D eigenvalue weighted by molar-refractivity contribution is -0.382. The Morgan fingerprint density at radius 3 is 1.61 bits per heavy atom. The highest BCUT2D eigenvalue weighted by molar-refractivity contribution is 5.71. The molecule has 0 unspecified atom stereocenters. The van der Waals surface area contributed by atoms with Crippen LogP contribution in [0.2, 0.25) is 0 Å². The summed E-state index contributed by atoms with van der Waals surface area (Å²) in [7, 11) is 0. The van der Waals surface area contributed by atoms with Gasteiger partial charge in [0.25, 0.3) is 0 Å². The second-order valence-electron chi connectivity index (χ2n) is 4.26. The molecule has 0 spiro atoms. The molecule has 2 heterocycles. The first-order valence-corrected chi connectivity index (χ1v) is 6.11. The summed E-state index contributed by atoms with van der Waals surface area (Å²) in [6.07, 6.45) is 1.04. The summed E-state index contributed by atoms with van der Waals surface area (Å²) in [4.78, 5) is 8.44. The third kappa shape index (κ3) is 2.37. The third-order valence-electron chi connectivity index (χ3n) is 3.02. The Morgan fingerprint density at radius 1 is 0.722 bits per heavy atom. The van der Waals surface area contributed by atoms with Crippen molar-refractivity contribution >= 4 is 11.4 Å². The van der Waals surface area contributed by atoms with E-state index in [1.807, 2.05) is 0 Å². The van der Waals surface area contributed by atoms with Gasteiger partial charge in [0.1, 0.15) is 13.2 Å². The van der Waals surface area contributed by atoms with Gasteiger partial charge in [-0.3, -0.25) is 0 Å². The first-order valence-electron chi connectivity index (χ1n) is 6.11. The van der Waals surface area contributed by atoms with Crippen molar-refractivity contribution in [2.45, 2.75) is 6.42 Å². The minimum atomic E-state index is 0.778. The average Bonchev–Trinajstić information content (AvgIpc) is 2.34. The van der Waals surface area contributed by atoms with Gasteiger partial charge >= 0.3 is 0 Å². The van der Waals surface area contributed by atoms with E-state index in [2.05, 4.69) is 63.6 Å².